The maximum atomic E-state index is 12.4. The maximum Gasteiger partial charge on any atom is 0.255 e. The number of aromatic nitrogens is 1. The summed E-state index contributed by atoms with van der Waals surface area (Å²) >= 11 is 0. The van der Waals surface area contributed by atoms with Gasteiger partial charge in [-0.2, -0.15) is 5.26 Å². The van der Waals surface area contributed by atoms with E-state index in [2.05, 4.69) is 0 Å². The molecule has 0 amide bonds. The van der Waals surface area contributed by atoms with Gasteiger partial charge in [-0.15, -0.1) is 0 Å². The van der Waals surface area contributed by atoms with Gasteiger partial charge in [0.1, 0.15) is 5.75 Å². The highest BCUT2D eigenvalue weighted by atomic mass is 16.5. The van der Waals surface area contributed by atoms with Gasteiger partial charge in [0.15, 0.2) is 0 Å². The van der Waals surface area contributed by atoms with Crippen LogP contribution in [0.4, 0.5) is 0 Å². The van der Waals surface area contributed by atoms with Gasteiger partial charge >= 0.3 is 0 Å². The normalized spacial score (nSPS) is 10.1. The highest BCUT2D eigenvalue weighted by molar-refractivity contribution is 5.62. The monoisotopic (exact) mass is 282 g/mol. The third kappa shape index (κ3) is 3.14. The van der Waals surface area contributed by atoms with Crippen molar-refractivity contribution in [2.24, 2.45) is 0 Å². The molecule has 1 heterocycles. The fraction of sp³-hybridized carbons (Fsp3) is 0.294. The summed E-state index contributed by atoms with van der Waals surface area (Å²) in [6.45, 7) is 5.02. The molecule has 0 bridgehead atoms. The molecule has 21 heavy (non-hydrogen) atoms. The van der Waals surface area contributed by atoms with Crippen LogP contribution < -0.4 is 10.3 Å². The molecule has 0 aliphatic carbocycles. The maximum absolute atomic E-state index is 12.4. The lowest BCUT2D eigenvalue weighted by Gasteiger charge is -2.13. The number of benzene rings is 1. The quantitative estimate of drug-likeness (QED) is 0.847. The molecule has 0 saturated heterocycles. The molecule has 108 valence electrons. The number of hydrogen-bond donors (Lipinski definition) is 0. The second kappa shape index (κ2) is 6.76. The molecule has 0 fully saturated rings. The minimum absolute atomic E-state index is 0.0987. The minimum Gasteiger partial charge on any atom is -0.494 e. The van der Waals surface area contributed by atoms with E-state index in [1.54, 1.807) is 10.6 Å². The number of ether oxygens (including phenoxy) is 1. The summed E-state index contributed by atoms with van der Waals surface area (Å²) in [5, 5.41) is 8.77. The van der Waals surface area contributed by atoms with Gasteiger partial charge in [-0.3, -0.25) is 4.79 Å². The minimum atomic E-state index is -0.0987. The molecule has 2 aromatic rings. The van der Waals surface area contributed by atoms with Crippen LogP contribution >= 0.6 is 0 Å². The summed E-state index contributed by atoms with van der Waals surface area (Å²) < 4.78 is 7.20. The van der Waals surface area contributed by atoms with E-state index >= 15 is 0 Å². The first-order chi connectivity index (χ1) is 10.2. The van der Waals surface area contributed by atoms with Crippen molar-refractivity contribution in [3.05, 3.63) is 52.3 Å². The van der Waals surface area contributed by atoms with Crippen molar-refractivity contribution >= 4 is 0 Å². The topological polar surface area (TPSA) is 55.0 Å². The summed E-state index contributed by atoms with van der Waals surface area (Å²) in [4.78, 5) is 12.4. The molecule has 0 unspecified atom stereocenters. The lowest BCUT2D eigenvalue weighted by atomic mass is 10.1. The van der Waals surface area contributed by atoms with E-state index in [0.29, 0.717) is 18.7 Å². The van der Waals surface area contributed by atoms with Crippen molar-refractivity contribution in [3.8, 4) is 23.1 Å². The highest BCUT2D eigenvalue weighted by Crippen LogP contribution is 2.23. The van der Waals surface area contributed by atoms with Gasteiger partial charge in [-0.25, -0.2) is 0 Å². The molecule has 0 radical (unpaired) electrons. The Bertz CT molecular complexity index is 726. The van der Waals surface area contributed by atoms with Gasteiger partial charge in [0, 0.05) is 17.7 Å². The molecule has 1 aromatic carbocycles. The predicted molar refractivity (Wildman–Crippen MR) is 82.3 cm³/mol. The van der Waals surface area contributed by atoms with Crippen LogP contribution in [0.15, 0.2) is 41.2 Å². The van der Waals surface area contributed by atoms with E-state index in [1.165, 1.54) is 0 Å². The Morgan fingerprint density at radius 1 is 1.24 bits per heavy atom. The molecule has 4 nitrogen and oxygen atoms in total. The summed E-state index contributed by atoms with van der Waals surface area (Å²) in [5.74, 6) is 0.784. The number of pyridine rings is 1. The molecule has 0 aliphatic heterocycles. The van der Waals surface area contributed by atoms with Crippen LogP contribution in [0, 0.1) is 11.3 Å². The lowest BCUT2D eigenvalue weighted by Crippen LogP contribution is -2.24. The SMILES string of the molecule is CCOc1cccc(-c2ccc(CC#N)c(=O)n2CC)c1. The Kier molecular flexibility index (Phi) is 4.78. The Morgan fingerprint density at radius 3 is 2.71 bits per heavy atom. The largest absolute Gasteiger partial charge is 0.494 e. The zero-order valence-corrected chi connectivity index (χ0v) is 12.3. The molecule has 0 spiro atoms. The number of nitrogens with zero attached hydrogens (tertiary/aromatic N) is 2. The van der Waals surface area contributed by atoms with E-state index in [0.717, 1.165) is 17.0 Å². The second-order valence-electron chi connectivity index (χ2n) is 4.59. The molecule has 0 atom stereocenters. The van der Waals surface area contributed by atoms with Gasteiger partial charge in [0.05, 0.1) is 24.8 Å². The first-order valence-electron chi connectivity index (χ1n) is 7.04. The van der Waals surface area contributed by atoms with Crippen molar-refractivity contribution < 1.29 is 4.74 Å². The van der Waals surface area contributed by atoms with E-state index in [4.69, 9.17) is 10.00 Å². The third-order valence-corrected chi connectivity index (χ3v) is 3.28. The molecule has 4 heteroatoms. The number of hydrogen-bond acceptors (Lipinski definition) is 3. The fourth-order valence-corrected chi connectivity index (χ4v) is 2.32. The van der Waals surface area contributed by atoms with Gasteiger partial charge in [0.25, 0.3) is 5.56 Å². The molecule has 0 N–H and O–H groups in total. The Hall–Kier alpha value is -2.54. The van der Waals surface area contributed by atoms with Crippen LogP contribution in [0.3, 0.4) is 0 Å². The second-order valence-corrected chi connectivity index (χ2v) is 4.59. The van der Waals surface area contributed by atoms with Gasteiger partial charge in [0.2, 0.25) is 0 Å². The molecule has 0 saturated carbocycles. The average molecular weight is 282 g/mol. The Labute approximate surface area is 124 Å². The number of nitriles is 1. The smallest absolute Gasteiger partial charge is 0.255 e. The summed E-state index contributed by atoms with van der Waals surface area (Å²) in [6.07, 6.45) is 0.137. The summed E-state index contributed by atoms with van der Waals surface area (Å²) in [5.41, 5.74) is 2.21. The van der Waals surface area contributed by atoms with Gasteiger partial charge in [-0.1, -0.05) is 18.2 Å². The standard InChI is InChI=1S/C17H18N2O2/c1-3-19-16(9-8-13(10-11-18)17(19)20)14-6-5-7-15(12-14)21-4-2/h5-9,12H,3-4,10H2,1-2H3. The van der Waals surface area contributed by atoms with Crippen LogP contribution in [-0.4, -0.2) is 11.2 Å². The van der Waals surface area contributed by atoms with E-state index in [1.807, 2.05) is 50.2 Å². The van der Waals surface area contributed by atoms with Crippen LogP contribution in [0.1, 0.15) is 19.4 Å². The van der Waals surface area contributed by atoms with E-state index in [-0.39, 0.29) is 12.0 Å². The highest BCUT2D eigenvalue weighted by Gasteiger charge is 2.09. The predicted octanol–water partition coefficient (Wildman–Crippen LogP) is 3.00. The zero-order chi connectivity index (χ0) is 15.2. The van der Waals surface area contributed by atoms with Crippen molar-refractivity contribution in [1.82, 2.24) is 4.57 Å². The average Bonchev–Trinajstić information content (AvgIpc) is 2.50. The van der Waals surface area contributed by atoms with Crippen molar-refractivity contribution in [3.63, 3.8) is 0 Å². The lowest BCUT2D eigenvalue weighted by molar-refractivity contribution is 0.340. The van der Waals surface area contributed by atoms with Crippen molar-refractivity contribution in [2.45, 2.75) is 26.8 Å². The first kappa shape index (κ1) is 14.9. The van der Waals surface area contributed by atoms with Crippen LogP contribution in [0.5, 0.6) is 5.75 Å². The van der Waals surface area contributed by atoms with Crippen molar-refractivity contribution in [1.29, 1.82) is 5.26 Å². The molecule has 0 aliphatic rings. The Morgan fingerprint density at radius 2 is 2.05 bits per heavy atom. The Balaban J connectivity index is 2.54. The molecule has 1 aromatic heterocycles. The first-order valence-corrected chi connectivity index (χ1v) is 7.04. The summed E-state index contributed by atoms with van der Waals surface area (Å²) in [6, 6.07) is 13.3. The fourth-order valence-electron chi connectivity index (χ4n) is 2.32. The molecular formula is C17H18N2O2. The van der Waals surface area contributed by atoms with E-state index in [9.17, 15) is 4.79 Å². The molecule has 2 rings (SSSR count). The zero-order valence-electron chi connectivity index (χ0n) is 12.3. The van der Waals surface area contributed by atoms with Crippen LogP contribution in [0.25, 0.3) is 11.3 Å². The van der Waals surface area contributed by atoms with Crippen LogP contribution in [0.2, 0.25) is 0 Å². The van der Waals surface area contributed by atoms with Crippen molar-refractivity contribution in [2.75, 3.05) is 6.61 Å². The van der Waals surface area contributed by atoms with E-state index < -0.39 is 0 Å². The number of rotatable bonds is 5. The van der Waals surface area contributed by atoms with Gasteiger partial charge < -0.3 is 9.30 Å². The summed E-state index contributed by atoms with van der Waals surface area (Å²) in [7, 11) is 0. The third-order valence-electron chi connectivity index (χ3n) is 3.28. The molecular weight excluding hydrogens is 264 g/mol. The van der Waals surface area contributed by atoms with Crippen LogP contribution in [-0.2, 0) is 13.0 Å². The van der Waals surface area contributed by atoms with Gasteiger partial charge in [-0.05, 0) is 32.0 Å².